The van der Waals surface area contributed by atoms with Crippen molar-refractivity contribution >= 4 is 0 Å². The van der Waals surface area contributed by atoms with Gasteiger partial charge in [-0.05, 0) is 38.4 Å². The van der Waals surface area contributed by atoms with Gasteiger partial charge in [-0.3, -0.25) is 0 Å². The molecule has 2 rings (SSSR count). The standard InChI is InChI=1S/C12H23N5/c1-11(9-17-5-3-4-6-17)7-13-8-12-15-14-10-16(12)2/h10-11,13H,3-9H2,1-2H3. The highest BCUT2D eigenvalue weighted by Crippen LogP contribution is 2.09. The number of nitrogens with one attached hydrogen (secondary N) is 1. The molecule has 96 valence electrons. The highest BCUT2D eigenvalue weighted by Gasteiger charge is 2.14. The van der Waals surface area contributed by atoms with Crippen molar-refractivity contribution in [1.29, 1.82) is 0 Å². The summed E-state index contributed by atoms with van der Waals surface area (Å²) in [7, 11) is 1.98. The van der Waals surface area contributed by atoms with Crippen molar-refractivity contribution in [3.05, 3.63) is 12.2 Å². The van der Waals surface area contributed by atoms with Crippen LogP contribution in [0.2, 0.25) is 0 Å². The summed E-state index contributed by atoms with van der Waals surface area (Å²) in [5.74, 6) is 1.69. The number of hydrogen-bond acceptors (Lipinski definition) is 4. The van der Waals surface area contributed by atoms with Gasteiger partial charge < -0.3 is 14.8 Å². The van der Waals surface area contributed by atoms with E-state index < -0.39 is 0 Å². The van der Waals surface area contributed by atoms with Crippen molar-refractivity contribution < 1.29 is 0 Å². The number of hydrogen-bond donors (Lipinski definition) is 1. The van der Waals surface area contributed by atoms with E-state index in [1.807, 2.05) is 11.6 Å². The summed E-state index contributed by atoms with van der Waals surface area (Å²) in [6, 6.07) is 0. The summed E-state index contributed by atoms with van der Waals surface area (Å²) >= 11 is 0. The van der Waals surface area contributed by atoms with Crippen LogP contribution in [-0.4, -0.2) is 45.8 Å². The summed E-state index contributed by atoms with van der Waals surface area (Å²) < 4.78 is 1.96. The first kappa shape index (κ1) is 12.5. The molecular formula is C12H23N5. The molecule has 0 radical (unpaired) electrons. The molecule has 1 saturated heterocycles. The monoisotopic (exact) mass is 237 g/mol. The van der Waals surface area contributed by atoms with E-state index in [0.717, 1.165) is 18.9 Å². The average molecular weight is 237 g/mol. The molecule has 5 nitrogen and oxygen atoms in total. The van der Waals surface area contributed by atoms with Crippen molar-refractivity contribution in [2.75, 3.05) is 26.2 Å². The first-order valence-corrected chi connectivity index (χ1v) is 6.51. The summed E-state index contributed by atoms with van der Waals surface area (Å²) in [5, 5.41) is 11.4. The molecule has 1 N–H and O–H groups in total. The van der Waals surface area contributed by atoms with Gasteiger partial charge in [0.2, 0.25) is 0 Å². The van der Waals surface area contributed by atoms with Crippen LogP contribution in [0, 0.1) is 5.92 Å². The summed E-state index contributed by atoms with van der Waals surface area (Å²) in [4.78, 5) is 2.56. The molecular weight excluding hydrogens is 214 g/mol. The van der Waals surface area contributed by atoms with Gasteiger partial charge in [0.1, 0.15) is 12.2 Å². The van der Waals surface area contributed by atoms with Gasteiger partial charge in [-0.2, -0.15) is 0 Å². The molecule has 1 aliphatic heterocycles. The van der Waals surface area contributed by atoms with E-state index in [2.05, 4.69) is 27.3 Å². The van der Waals surface area contributed by atoms with Gasteiger partial charge in [-0.25, -0.2) is 0 Å². The second kappa shape index (κ2) is 6.12. The van der Waals surface area contributed by atoms with E-state index >= 15 is 0 Å². The van der Waals surface area contributed by atoms with E-state index in [4.69, 9.17) is 0 Å². The minimum Gasteiger partial charge on any atom is -0.320 e. The van der Waals surface area contributed by atoms with Crippen LogP contribution in [0.15, 0.2) is 6.33 Å². The maximum absolute atomic E-state index is 4.06. The fourth-order valence-corrected chi connectivity index (χ4v) is 2.37. The van der Waals surface area contributed by atoms with E-state index in [0.29, 0.717) is 5.92 Å². The van der Waals surface area contributed by atoms with Crippen molar-refractivity contribution in [3.8, 4) is 0 Å². The Balaban J connectivity index is 1.62. The first-order chi connectivity index (χ1) is 8.25. The normalized spacial score (nSPS) is 18.7. The SMILES string of the molecule is CC(CNCc1nncn1C)CN1CCCC1. The molecule has 1 aromatic rings. The zero-order valence-corrected chi connectivity index (χ0v) is 10.9. The van der Waals surface area contributed by atoms with Crippen molar-refractivity contribution in [2.24, 2.45) is 13.0 Å². The van der Waals surface area contributed by atoms with Gasteiger partial charge in [-0.1, -0.05) is 6.92 Å². The molecule has 2 heterocycles. The number of rotatable bonds is 6. The van der Waals surface area contributed by atoms with Gasteiger partial charge >= 0.3 is 0 Å². The Morgan fingerprint density at radius 3 is 2.82 bits per heavy atom. The number of aromatic nitrogens is 3. The topological polar surface area (TPSA) is 46.0 Å². The second-order valence-corrected chi connectivity index (χ2v) is 5.10. The quantitative estimate of drug-likeness (QED) is 0.788. The lowest BCUT2D eigenvalue weighted by Crippen LogP contribution is -2.31. The fraction of sp³-hybridized carbons (Fsp3) is 0.833. The molecule has 0 spiro atoms. The molecule has 1 aromatic heterocycles. The molecule has 1 unspecified atom stereocenters. The van der Waals surface area contributed by atoms with Crippen LogP contribution in [0.3, 0.4) is 0 Å². The number of nitrogens with zero attached hydrogens (tertiary/aromatic N) is 4. The zero-order valence-electron chi connectivity index (χ0n) is 10.9. The Labute approximate surface area is 103 Å². The molecule has 1 aliphatic rings. The molecule has 1 atom stereocenters. The highest BCUT2D eigenvalue weighted by molar-refractivity contribution is 4.83. The molecule has 0 saturated carbocycles. The molecule has 0 amide bonds. The fourth-order valence-electron chi connectivity index (χ4n) is 2.37. The Morgan fingerprint density at radius 2 is 2.18 bits per heavy atom. The van der Waals surface area contributed by atoms with Crippen molar-refractivity contribution in [1.82, 2.24) is 25.0 Å². The van der Waals surface area contributed by atoms with Crippen LogP contribution in [0.4, 0.5) is 0 Å². The zero-order chi connectivity index (χ0) is 12.1. The van der Waals surface area contributed by atoms with E-state index in [1.165, 1.54) is 32.5 Å². The van der Waals surface area contributed by atoms with E-state index in [1.54, 1.807) is 6.33 Å². The molecule has 1 fully saturated rings. The third-order valence-corrected chi connectivity index (χ3v) is 3.35. The Hall–Kier alpha value is -0.940. The van der Waals surface area contributed by atoms with Crippen molar-refractivity contribution in [2.45, 2.75) is 26.3 Å². The third kappa shape index (κ3) is 3.78. The summed E-state index contributed by atoms with van der Waals surface area (Å²) in [6.45, 7) is 7.94. The average Bonchev–Trinajstić information content (AvgIpc) is 2.91. The van der Waals surface area contributed by atoms with Crippen LogP contribution in [0.25, 0.3) is 0 Å². The van der Waals surface area contributed by atoms with Crippen LogP contribution >= 0.6 is 0 Å². The van der Waals surface area contributed by atoms with Crippen LogP contribution in [0.5, 0.6) is 0 Å². The number of likely N-dealkylation sites (tertiary alicyclic amines) is 1. The molecule has 17 heavy (non-hydrogen) atoms. The number of aryl methyl sites for hydroxylation is 1. The minimum absolute atomic E-state index is 0.696. The smallest absolute Gasteiger partial charge is 0.146 e. The van der Waals surface area contributed by atoms with Gasteiger partial charge in [0.05, 0.1) is 6.54 Å². The van der Waals surface area contributed by atoms with E-state index in [-0.39, 0.29) is 0 Å². The van der Waals surface area contributed by atoms with Crippen LogP contribution in [0.1, 0.15) is 25.6 Å². The predicted octanol–water partition coefficient (Wildman–Crippen LogP) is 0.637. The minimum atomic E-state index is 0.696. The largest absolute Gasteiger partial charge is 0.320 e. The van der Waals surface area contributed by atoms with Gasteiger partial charge in [0.25, 0.3) is 0 Å². The van der Waals surface area contributed by atoms with Gasteiger partial charge in [-0.15, -0.1) is 10.2 Å². The Kier molecular flexibility index (Phi) is 4.50. The molecule has 5 heteroatoms. The predicted molar refractivity (Wildman–Crippen MR) is 67.5 cm³/mol. The lowest BCUT2D eigenvalue weighted by molar-refractivity contribution is 0.282. The summed E-state index contributed by atoms with van der Waals surface area (Å²) in [5.41, 5.74) is 0. The molecule has 0 bridgehead atoms. The molecule has 0 aliphatic carbocycles. The van der Waals surface area contributed by atoms with Gasteiger partial charge in [0.15, 0.2) is 0 Å². The Morgan fingerprint density at radius 1 is 1.41 bits per heavy atom. The maximum atomic E-state index is 4.06. The first-order valence-electron chi connectivity index (χ1n) is 6.51. The Bertz CT molecular complexity index is 329. The van der Waals surface area contributed by atoms with E-state index in [9.17, 15) is 0 Å². The van der Waals surface area contributed by atoms with Crippen molar-refractivity contribution in [3.63, 3.8) is 0 Å². The maximum Gasteiger partial charge on any atom is 0.146 e. The lowest BCUT2D eigenvalue weighted by Gasteiger charge is -2.20. The lowest BCUT2D eigenvalue weighted by atomic mass is 10.1. The van der Waals surface area contributed by atoms with Crippen LogP contribution < -0.4 is 5.32 Å². The highest BCUT2D eigenvalue weighted by atomic mass is 15.3. The third-order valence-electron chi connectivity index (χ3n) is 3.35. The van der Waals surface area contributed by atoms with Crippen LogP contribution in [-0.2, 0) is 13.6 Å². The van der Waals surface area contributed by atoms with Gasteiger partial charge in [0, 0.05) is 13.6 Å². The summed E-state index contributed by atoms with van der Waals surface area (Å²) in [6.07, 6.45) is 4.49. The molecule has 0 aromatic carbocycles. The second-order valence-electron chi connectivity index (χ2n) is 5.10.